The van der Waals surface area contributed by atoms with Crippen LogP contribution in [0.3, 0.4) is 0 Å². The molecular formula is C11H16N2O2. The number of phenols is 1. The Balaban J connectivity index is 3.20. The number of hydrogen-bond acceptors (Lipinski definition) is 3. The molecule has 82 valence electrons. The minimum absolute atomic E-state index is 0.171. The van der Waals surface area contributed by atoms with Crippen LogP contribution in [0.25, 0.3) is 0 Å². The van der Waals surface area contributed by atoms with Gasteiger partial charge in [-0.05, 0) is 31.2 Å². The molecule has 0 aliphatic heterocycles. The molecule has 0 fully saturated rings. The summed E-state index contributed by atoms with van der Waals surface area (Å²) >= 11 is 0. The monoisotopic (exact) mass is 208 g/mol. The van der Waals surface area contributed by atoms with Gasteiger partial charge in [-0.2, -0.15) is 0 Å². The fraction of sp³-hybridized carbons (Fsp3) is 0.364. The first-order chi connectivity index (χ1) is 7.06. The van der Waals surface area contributed by atoms with E-state index in [-0.39, 0.29) is 5.75 Å². The van der Waals surface area contributed by atoms with Gasteiger partial charge in [-0.3, -0.25) is 4.79 Å². The number of nitrogens with two attached hydrogens (primary N) is 1. The van der Waals surface area contributed by atoms with Crippen molar-refractivity contribution in [2.24, 2.45) is 5.73 Å². The zero-order chi connectivity index (χ0) is 11.5. The molecule has 1 rings (SSSR count). The summed E-state index contributed by atoms with van der Waals surface area (Å²) in [6.45, 7) is 1.88. The van der Waals surface area contributed by atoms with Crippen molar-refractivity contribution in [3.63, 3.8) is 0 Å². The van der Waals surface area contributed by atoms with Crippen LogP contribution in [0, 0.1) is 0 Å². The molecule has 0 heterocycles. The Morgan fingerprint density at radius 1 is 1.47 bits per heavy atom. The van der Waals surface area contributed by atoms with E-state index in [0.717, 1.165) is 5.56 Å². The highest BCUT2D eigenvalue weighted by Crippen LogP contribution is 2.25. The van der Waals surface area contributed by atoms with Gasteiger partial charge >= 0.3 is 0 Å². The molecule has 0 bridgehead atoms. The Morgan fingerprint density at radius 2 is 2.00 bits per heavy atom. The number of nitrogens with one attached hydrogen (secondary N) is 1. The van der Waals surface area contributed by atoms with Crippen molar-refractivity contribution in [3.05, 3.63) is 29.8 Å². The van der Waals surface area contributed by atoms with Crippen LogP contribution in [-0.2, 0) is 10.3 Å². The molecule has 4 heteroatoms. The highest BCUT2D eigenvalue weighted by atomic mass is 16.3. The van der Waals surface area contributed by atoms with Crippen LogP contribution in [0.5, 0.6) is 5.75 Å². The van der Waals surface area contributed by atoms with Crippen LogP contribution in [0.2, 0.25) is 0 Å². The molecule has 4 N–H and O–H groups in total. The van der Waals surface area contributed by atoms with E-state index in [1.54, 1.807) is 31.3 Å². The lowest BCUT2D eigenvalue weighted by Gasteiger charge is -2.29. The Bertz CT molecular complexity index is 342. The van der Waals surface area contributed by atoms with Gasteiger partial charge in [0.05, 0.1) is 0 Å². The molecule has 1 aromatic carbocycles. The van der Waals surface area contributed by atoms with Crippen LogP contribution in [0.4, 0.5) is 0 Å². The zero-order valence-corrected chi connectivity index (χ0v) is 8.95. The maximum absolute atomic E-state index is 11.5. The summed E-state index contributed by atoms with van der Waals surface area (Å²) in [6, 6.07) is 6.47. The van der Waals surface area contributed by atoms with Crippen molar-refractivity contribution in [1.29, 1.82) is 0 Å². The average Bonchev–Trinajstić information content (AvgIpc) is 2.22. The molecule has 0 radical (unpaired) electrons. The molecular weight excluding hydrogens is 192 g/mol. The molecule has 0 saturated heterocycles. The Hall–Kier alpha value is -1.55. The van der Waals surface area contributed by atoms with Crippen LogP contribution < -0.4 is 11.1 Å². The highest BCUT2D eigenvalue weighted by Gasteiger charge is 2.34. The number of primary amides is 1. The van der Waals surface area contributed by atoms with Gasteiger partial charge in [0.2, 0.25) is 5.91 Å². The topological polar surface area (TPSA) is 75.3 Å². The lowest BCUT2D eigenvalue weighted by molar-refractivity contribution is -0.124. The van der Waals surface area contributed by atoms with Crippen molar-refractivity contribution in [2.45, 2.75) is 18.9 Å². The van der Waals surface area contributed by atoms with Crippen molar-refractivity contribution < 1.29 is 9.90 Å². The summed E-state index contributed by atoms with van der Waals surface area (Å²) in [5.74, 6) is -0.248. The van der Waals surface area contributed by atoms with Gasteiger partial charge in [0.1, 0.15) is 11.3 Å². The van der Waals surface area contributed by atoms with Gasteiger partial charge in [0.15, 0.2) is 0 Å². The van der Waals surface area contributed by atoms with E-state index < -0.39 is 11.4 Å². The predicted octanol–water partition coefficient (Wildman–Crippen LogP) is 0.702. The van der Waals surface area contributed by atoms with Gasteiger partial charge in [-0.1, -0.05) is 19.1 Å². The number of rotatable bonds is 4. The van der Waals surface area contributed by atoms with Gasteiger partial charge in [0.25, 0.3) is 0 Å². The first kappa shape index (κ1) is 11.5. The number of carbonyl (C=O) groups is 1. The third kappa shape index (κ3) is 1.94. The smallest absolute Gasteiger partial charge is 0.242 e. The van der Waals surface area contributed by atoms with Crippen molar-refractivity contribution in [3.8, 4) is 5.75 Å². The molecule has 1 atom stereocenters. The number of amides is 1. The molecule has 1 aromatic rings. The second kappa shape index (κ2) is 4.31. The van der Waals surface area contributed by atoms with E-state index in [4.69, 9.17) is 10.8 Å². The molecule has 15 heavy (non-hydrogen) atoms. The molecule has 1 amide bonds. The third-order valence-electron chi connectivity index (χ3n) is 2.74. The number of likely N-dealkylation sites (N-methyl/N-ethyl adjacent to an activating group) is 1. The van der Waals surface area contributed by atoms with Crippen molar-refractivity contribution in [2.75, 3.05) is 7.05 Å². The van der Waals surface area contributed by atoms with E-state index in [0.29, 0.717) is 6.42 Å². The first-order valence-corrected chi connectivity index (χ1v) is 4.85. The van der Waals surface area contributed by atoms with E-state index in [9.17, 15) is 4.79 Å². The number of benzene rings is 1. The van der Waals surface area contributed by atoms with Crippen LogP contribution in [0.15, 0.2) is 24.3 Å². The molecule has 0 saturated carbocycles. The van der Waals surface area contributed by atoms with Crippen molar-refractivity contribution in [1.82, 2.24) is 5.32 Å². The van der Waals surface area contributed by atoms with E-state index >= 15 is 0 Å². The summed E-state index contributed by atoms with van der Waals surface area (Å²) in [5, 5.41) is 12.1. The van der Waals surface area contributed by atoms with Gasteiger partial charge in [-0.15, -0.1) is 0 Å². The predicted molar refractivity (Wildman–Crippen MR) is 58.3 cm³/mol. The van der Waals surface area contributed by atoms with E-state index in [2.05, 4.69) is 5.32 Å². The number of hydrogen-bond donors (Lipinski definition) is 3. The second-order valence-electron chi connectivity index (χ2n) is 3.42. The summed E-state index contributed by atoms with van der Waals surface area (Å²) in [4.78, 5) is 11.5. The fourth-order valence-corrected chi connectivity index (χ4v) is 1.71. The third-order valence-corrected chi connectivity index (χ3v) is 2.74. The standard InChI is InChI=1S/C11H16N2O2/c1-3-11(13-2,10(12)15)8-4-6-9(14)7-5-8/h4-7,13-14H,3H2,1-2H3,(H2,12,15). The maximum atomic E-state index is 11.5. The Labute approximate surface area is 89.1 Å². The summed E-state index contributed by atoms with van der Waals surface area (Å²) in [7, 11) is 1.70. The normalized spacial score (nSPS) is 14.5. The second-order valence-corrected chi connectivity index (χ2v) is 3.42. The van der Waals surface area contributed by atoms with Crippen LogP contribution >= 0.6 is 0 Å². The SMILES string of the molecule is CCC(NC)(C(N)=O)c1ccc(O)cc1. The minimum atomic E-state index is -0.853. The van der Waals surface area contributed by atoms with E-state index in [1.165, 1.54) is 0 Å². The molecule has 0 aliphatic carbocycles. The molecule has 1 unspecified atom stereocenters. The van der Waals surface area contributed by atoms with Gasteiger partial charge in [-0.25, -0.2) is 0 Å². The van der Waals surface area contributed by atoms with Gasteiger partial charge < -0.3 is 16.2 Å². The molecule has 0 spiro atoms. The molecule has 0 aromatic heterocycles. The summed E-state index contributed by atoms with van der Waals surface area (Å²) in [5.41, 5.74) is 5.31. The van der Waals surface area contributed by atoms with E-state index in [1.807, 2.05) is 6.92 Å². The van der Waals surface area contributed by atoms with Crippen LogP contribution in [-0.4, -0.2) is 18.1 Å². The summed E-state index contributed by atoms with van der Waals surface area (Å²) < 4.78 is 0. The largest absolute Gasteiger partial charge is 0.508 e. The first-order valence-electron chi connectivity index (χ1n) is 4.85. The van der Waals surface area contributed by atoms with Gasteiger partial charge in [0, 0.05) is 0 Å². The molecule has 0 aliphatic rings. The van der Waals surface area contributed by atoms with Crippen LogP contribution in [0.1, 0.15) is 18.9 Å². The number of carbonyl (C=O) groups excluding carboxylic acids is 1. The lowest BCUT2D eigenvalue weighted by Crippen LogP contribution is -2.50. The average molecular weight is 208 g/mol. The fourth-order valence-electron chi connectivity index (χ4n) is 1.71. The number of aromatic hydroxyl groups is 1. The Kier molecular flexibility index (Phi) is 3.31. The maximum Gasteiger partial charge on any atom is 0.242 e. The lowest BCUT2D eigenvalue weighted by atomic mass is 9.86. The molecule has 4 nitrogen and oxygen atoms in total. The minimum Gasteiger partial charge on any atom is -0.508 e. The summed E-state index contributed by atoms with van der Waals surface area (Å²) in [6.07, 6.45) is 0.559. The van der Waals surface area contributed by atoms with Crippen molar-refractivity contribution >= 4 is 5.91 Å². The zero-order valence-electron chi connectivity index (χ0n) is 8.95. The quantitative estimate of drug-likeness (QED) is 0.682. The Morgan fingerprint density at radius 3 is 2.33 bits per heavy atom. The highest BCUT2D eigenvalue weighted by molar-refractivity contribution is 5.86. The number of phenolic OH excluding ortho intramolecular Hbond substituents is 1.